The molecule has 0 radical (unpaired) electrons. The third kappa shape index (κ3) is 11.8. The fraction of sp³-hybridized carbons (Fsp3) is 0.462. The summed E-state index contributed by atoms with van der Waals surface area (Å²) < 4.78 is 5.93. The highest BCUT2D eigenvalue weighted by Gasteiger charge is 2.44. The Morgan fingerprint density at radius 3 is 2.02 bits per heavy atom. The van der Waals surface area contributed by atoms with Crippen molar-refractivity contribution in [3.8, 4) is 0 Å². The minimum Gasteiger partial charge on any atom is -0.469 e. The number of benzene rings is 1. The first kappa shape index (κ1) is 35.5. The van der Waals surface area contributed by atoms with Gasteiger partial charge in [0.1, 0.15) is 0 Å². The van der Waals surface area contributed by atoms with Crippen LogP contribution in [0.1, 0.15) is 83.6 Å². The summed E-state index contributed by atoms with van der Waals surface area (Å²) in [6.07, 6.45) is 32.3. The molecule has 2 aliphatic heterocycles. The van der Waals surface area contributed by atoms with E-state index in [0.717, 1.165) is 76.4 Å². The summed E-state index contributed by atoms with van der Waals surface area (Å²) in [5.74, 6) is 0.111. The van der Waals surface area contributed by atoms with Gasteiger partial charge in [-0.25, -0.2) is 0 Å². The zero-order chi connectivity index (χ0) is 32.3. The number of likely N-dealkylation sites (tertiary alicyclic amines) is 1. The summed E-state index contributed by atoms with van der Waals surface area (Å²) in [6.45, 7) is 5.86. The summed E-state index contributed by atoms with van der Waals surface area (Å²) in [4.78, 5) is 42.2. The van der Waals surface area contributed by atoms with Gasteiger partial charge in [0.05, 0.1) is 0 Å². The Morgan fingerprint density at radius 2 is 1.44 bits per heavy atom. The van der Waals surface area contributed by atoms with Crippen LogP contribution in [0, 0.1) is 5.92 Å². The van der Waals surface area contributed by atoms with Gasteiger partial charge in [0, 0.05) is 44.7 Å². The van der Waals surface area contributed by atoms with Gasteiger partial charge in [-0.15, -0.1) is 0 Å². The third-order valence-corrected chi connectivity index (χ3v) is 8.35. The van der Waals surface area contributed by atoms with Crippen molar-refractivity contribution >= 4 is 17.6 Å². The lowest BCUT2D eigenvalue weighted by Crippen LogP contribution is -2.42. The number of ketones is 1. The van der Waals surface area contributed by atoms with Gasteiger partial charge in [-0.1, -0.05) is 98.0 Å². The van der Waals surface area contributed by atoms with E-state index in [-0.39, 0.29) is 23.4 Å². The van der Waals surface area contributed by atoms with Gasteiger partial charge in [-0.2, -0.15) is 0 Å². The van der Waals surface area contributed by atoms with E-state index < -0.39 is 5.60 Å². The second kappa shape index (κ2) is 19.5. The summed E-state index contributed by atoms with van der Waals surface area (Å²) in [5, 5.41) is 0. The van der Waals surface area contributed by atoms with Crippen LogP contribution in [0.25, 0.3) is 0 Å². The van der Waals surface area contributed by atoms with Crippen molar-refractivity contribution in [1.82, 2.24) is 9.80 Å². The number of carbonyl (C=O) groups excluding carboxylic acids is 3. The lowest BCUT2D eigenvalue weighted by molar-refractivity contribution is -0.137. The largest absolute Gasteiger partial charge is 0.469 e. The first-order chi connectivity index (χ1) is 21.8. The van der Waals surface area contributed by atoms with Crippen LogP contribution in [-0.2, 0) is 24.7 Å². The number of ether oxygens (including phenoxy) is 1. The van der Waals surface area contributed by atoms with Crippen LogP contribution in [0.3, 0.4) is 0 Å². The van der Waals surface area contributed by atoms with E-state index >= 15 is 0 Å². The van der Waals surface area contributed by atoms with Crippen molar-refractivity contribution in [3.05, 3.63) is 108 Å². The quantitative estimate of drug-likeness (QED) is 0.132. The van der Waals surface area contributed by atoms with Crippen LogP contribution in [-0.4, -0.2) is 54.1 Å². The van der Waals surface area contributed by atoms with Crippen molar-refractivity contribution in [2.45, 2.75) is 83.7 Å². The first-order valence-corrected chi connectivity index (χ1v) is 16.6. The SMILES string of the molecule is CCC=CCC=CCC=CCC=CCC=CCCCC(=O)N1CCC(CN(C)C(=O)C2=CC(=O)C(C)(c3ccccc3)O2)CC1. The fourth-order valence-electron chi connectivity index (χ4n) is 5.54. The molecule has 1 aromatic carbocycles. The molecular weight excluding hydrogens is 560 g/mol. The Balaban J connectivity index is 1.25. The molecule has 2 heterocycles. The maximum absolute atomic E-state index is 13.1. The van der Waals surface area contributed by atoms with Crippen LogP contribution in [0.2, 0.25) is 0 Å². The minimum atomic E-state index is -1.17. The zero-order valence-electron chi connectivity index (χ0n) is 27.5. The van der Waals surface area contributed by atoms with E-state index in [0.29, 0.717) is 18.9 Å². The lowest BCUT2D eigenvalue weighted by atomic mass is 9.92. The van der Waals surface area contributed by atoms with Gasteiger partial charge in [-0.05, 0) is 70.6 Å². The molecule has 2 aliphatic rings. The number of hydrogen-bond acceptors (Lipinski definition) is 4. The maximum atomic E-state index is 13.1. The number of rotatable bonds is 17. The Labute approximate surface area is 270 Å². The molecule has 1 fully saturated rings. The van der Waals surface area contributed by atoms with E-state index in [1.165, 1.54) is 6.08 Å². The van der Waals surface area contributed by atoms with Crippen molar-refractivity contribution in [3.63, 3.8) is 0 Å². The number of piperidine rings is 1. The molecule has 3 rings (SSSR count). The summed E-state index contributed by atoms with van der Waals surface area (Å²) in [5.41, 5.74) is -0.446. The second-order valence-corrected chi connectivity index (χ2v) is 12.0. The minimum absolute atomic E-state index is 0.0916. The van der Waals surface area contributed by atoms with Crippen LogP contribution in [0.15, 0.2) is 103 Å². The molecule has 0 spiro atoms. The molecule has 1 atom stereocenters. The Kier molecular flexibility index (Phi) is 15.4. The molecule has 0 saturated carbocycles. The Morgan fingerprint density at radius 1 is 0.889 bits per heavy atom. The highest BCUT2D eigenvalue weighted by Crippen LogP contribution is 2.35. The molecule has 0 bridgehead atoms. The van der Waals surface area contributed by atoms with Gasteiger partial charge in [0.2, 0.25) is 11.7 Å². The summed E-state index contributed by atoms with van der Waals surface area (Å²) in [6, 6.07) is 9.26. The van der Waals surface area contributed by atoms with E-state index in [1.54, 1.807) is 18.9 Å². The Hall–Kier alpha value is -3.93. The molecule has 2 amide bonds. The molecule has 6 nitrogen and oxygen atoms in total. The zero-order valence-corrected chi connectivity index (χ0v) is 27.5. The average molecular weight is 613 g/mol. The molecule has 1 unspecified atom stereocenters. The predicted octanol–water partition coefficient (Wildman–Crippen LogP) is 8.00. The molecule has 0 aromatic heterocycles. The molecule has 0 aliphatic carbocycles. The number of likely N-dealkylation sites (N-methyl/N-ethyl adjacent to an activating group) is 1. The van der Waals surface area contributed by atoms with Crippen LogP contribution < -0.4 is 0 Å². The van der Waals surface area contributed by atoms with E-state index in [9.17, 15) is 14.4 Å². The fourth-order valence-corrected chi connectivity index (χ4v) is 5.54. The van der Waals surface area contributed by atoms with E-state index in [2.05, 4.69) is 67.7 Å². The smallest absolute Gasteiger partial charge is 0.288 e. The maximum Gasteiger partial charge on any atom is 0.288 e. The van der Waals surface area contributed by atoms with Crippen molar-refractivity contribution in [1.29, 1.82) is 0 Å². The standard InChI is InChI=1S/C39H52N2O4/c1-4-5-6-7-8-9-10-11-12-13-14-15-16-17-18-19-23-26-37(43)41-29-27-33(28-30-41)32-40(3)38(44)35-31-36(42)39(2,45-35)34-24-21-20-22-25-34/h5-6,8-9,11-12,14-15,17-18,20-22,24-25,31,33H,4,7,10,13,16,19,23,26-30,32H2,1-3H3. The lowest BCUT2D eigenvalue weighted by Gasteiger charge is -2.34. The molecule has 1 saturated heterocycles. The van der Waals surface area contributed by atoms with Crippen LogP contribution in [0.4, 0.5) is 0 Å². The number of amides is 2. The predicted molar refractivity (Wildman–Crippen MR) is 183 cm³/mol. The average Bonchev–Trinajstić information content (AvgIpc) is 3.37. The van der Waals surface area contributed by atoms with Crippen LogP contribution >= 0.6 is 0 Å². The third-order valence-electron chi connectivity index (χ3n) is 8.35. The molecule has 242 valence electrons. The van der Waals surface area contributed by atoms with Crippen LogP contribution in [0.5, 0.6) is 0 Å². The number of hydrogen-bond donors (Lipinski definition) is 0. The van der Waals surface area contributed by atoms with Gasteiger partial charge in [-0.3, -0.25) is 14.4 Å². The normalized spacial score (nSPS) is 19.5. The van der Waals surface area contributed by atoms with Gasteiger partial charge in [0.25, 0.3) is 5.91 Å². The van der Waals surface area contributed by atoms with Gasteiger partial charge < -0.3 is 14.5 Å². The van der Waals surface area contributed by atoms with E-state index in [4.69, 9.17) is 4.74 Å². The number of allylic oxidation sites excluding steroid dienone is 10. The molecule has 6 heteroatoms. The highest BCUT2D eigenvalue weighted by molar-refractivity contribution is 6.07. The molecule has 45 heavy (non-hydrogen) atoms. The van der Waals surface area contributed by atoms with Gasteiger partial charge in [0.15, 0.2) is 11.4 Å². The van der Waals surface area contributed by atoms with E-state index in [1.807, 2.05) is 35.2 Å². The second-order valence-electron chi connectivity index (χ2n) is 12.0. The van der Waals surface area contributed by atoms with Crippen molar-refractivity contribution in [2.24, 2.45) is 5.92 Å². The van der Waals surface area contributed by atoms with Crippen molar-refractivity contribution < 1.29 is 19.1 Å². The van der Waals surface area contributed by atoms with Gasteiger partial charge >= 0.3 is 0 Å². The number of unbranched alkanes of at least 4 members (excludes halogenated alkanes) is 1. The summed E-state index contributed by atoms with van der Waals surface area (Å²) in [7, 11) is 1.75. The number of carbonyl (C=O) groups is 3. The van der Waals surface area contributed by atoms with Crippen molar-refractivity contribution in [2.75, 3.05) is 26.7 Å². The first-order valence-electron chi connectivity index (χ1n) is 16.6. The summed E-state index contributed by atoms with van der Waals surface area (Å²) >= 11 is 0. The molecule has 0 N–H and O–H groups in total. The highest BCUT2D eigenvalue weighted by atomic mass is 16.5. The monoisotopic (exact) mass is 612 g/mol. The molecular formula is C39H52N2O4. The topological polar surface area (TPSA) is 66.9 Å². The Bertz CT molecular complexity index is 1260. The number of nitrogens with zero attached hydrogens (tertiary/aromatic N) is 2. The molecule has 1 aromatic rings.